The van der Waals surface area contributed by atoms with Gasteiger partial charge in [0.2, 0.25) is 0 Å². The Balaban J connectivity index is 1.71. The van der Waals surface area contributed by atoms with Crippen LogP contribution in [0.25, 0.3) is 22.3 Å². The number of hydrogen-bond donors (Lipinski definition) is 1. The third-order valence-electron chi connectivity index (χ3n) is 6.38. The van der Waals surface area contributed by atoms with Crippen molar-refractivity contribution >= 4 is 16.9 Å². The van der Waals surface area contributed by atoms with Crippen LogP contribution < -0.4 is 5.32 Å². The molecule has 2 heterocycles. The zero-order chi connectivity index (χ0) is 26.5. The van der Waals surface area contributed by atoms with Gasteiger partial charge in [0.25, 0.3) is 5.91 Å². The molecule has 4 rings (SSSR count). The molecule has 2 aromatic heterocycles. The first-order chi connectivity index (χ1) is 17.8. The first-order valence-electron chi connectivity index (χ1n) is 12.6. The van der Waals surface area contributed by atoms with Crippen molar-refractivity contribution in [1.82, 2.24) is 29.9 Å². The van der Waals surface area contributed by atoms with Crippen molar-refractivity contribution in [2.75, 3.05) is 34.2 Å². The van der Waals surface area contributed by atoms with E-state index in [1.807, 2.05) is 43.8 Å². The maximum Gasteiger partial charge on any atom is 0.254 e. The first kappa shape index (κ1) is 26.4. The fourth-order valence-electron chi connectivity index (χ4n) is 4.38. The lowest BCUT2D eigenvalue weighted by molar-refractivity contribution is 0.0787. The van der Waals surface area contributed by atoms with Gasteiger partial charge in [0.1, 0.15) is 5.82 Å². The summed E-state index contributed by atoms with van der Waals surface area (Å²) in [6, 6.07) is 16.5. The van der Waals surface area contributed by atoms with E-state index in [0.717, 1.165) is 41.8 Å². The summed E-state index contributed by atoms with van der Waals surface area (Å²) in [6.45, 7) is 7.14. The van der Waals surface area contributed by atoms with Crippen LogP contribution in [-0.2, 0) is 13.1 Å². The monoisotopic (exact) mass is 502 g/mol. The zero-order valence-corrected chi connectivity index (χ0v) is 22.2. The van der Waals surface area contributed by atoms with Crippen LogP contribution in [0.1, 0.15) is 41.4 Å². The van der Waals surface area contributed by atoms with Crippen molar-refractivity contribution < 1.29 is 9.18 Å². The number of pyridine rings is 1. The topological polar surface area (TPSA) is 66.3 Å². The lowest BCUT2D eigenvalue weighted by atomic mass is 10.0. The minimum Gasteiger partial charge on any atom is -0.337 e. The quantitative estimate of drug-likeness (QED) is 0.339. The van der Waals surface area contributed by atoms with Crippen LogP contribution >= 0.6 is 0 Å². The summed E-state index contributed by atoms with van der Waals surface area (Å²) in [5.74, 6) is -0.431. The first-order valence-corrected chi connectivity index (χ1v) is 12.6. The molecule has 8 heteroatoms. The molecule has 0 bridgehead atoms. The van der Waals surface area contributed by atoms with E-state index in [9.17, 15) is 9.18 Å². The Morgan fingerprint density at radius 3 is 2.51 bits per heavy atom. The second-order valence-electron chi connectivity index (χ2n) is 9.80. The number of carbonyl (C=O) groups is 1. The Kier molecular flexibility index (Phi) is 8.31. The molecule has 0 saturated carbocycles. The molecule has 0 aliphatic heterocycles. The van der Waals surface area contributed by atoms with Gasteiger partial charge in [-0.2, -0.15) is 5.10 Å². The lowest BCUT2D eigenvalue weighted by Crippen LogP contribution is -2.27. The normalized spacial score (nSPS) is 11.6. The summed E-state index contributed by atoms with van der Waals surface area (Å²) in [4.78, 5) is 22.5. The third-order valence-corrected chi connectivity index (χ3v) is 6.38. The van der Waals surface area contributed by atoms with Crippen molar-refractivity contribution in [2.24, 2.45) is 0 Å². The van der Waals surface area contributed by atoms with E-state index in [4.69, 9.17) is 4.98 Å². The number of halogens is 1. The molecule has 1 amide bonds. The van der Waals surface area contributed by atoms with Crippen LogP contribution in [0, 0.1) is 5.82 Å². The van der Waals surface area contributed by atoms with E-state index < -0.39 is 0 Å². The van der Waals surface area contributed by atoms with E-state index in [-0.39, 0.29) is 17.8 Å². The third kappa shape index (κ3) is 6.21. The molecule has 0 atom stereocenters. The highest BCUT2D eigenvalue weighted by atomic mass is 19.1. The van der Waals surface area contributed by atoms with Gasteiger partial charge in [-0.15, -0.1) is 0 Å². The largest absolute Gasteiger partial charge is 0.337 e. The Bertz CT molecular complexity index is 1360. The van der Waals surface area contributed by atoms with E-state index in [1.54, 1.807) is 30.3 Å². The summed E-state index contributed by atoms with van der Waals surface area (Å²) in [5.41, 5.74) is 4.95. The highest BCUT2D eigenvalue weighted by molar-refractivity contribution is 6.06. The average Bonchev–Trinajstić information content (AvgIpc) is 3.32. The van der Waals surface area contributed by atoms with Gasteiger partial charge in [-0.05, 0) is 63.3 Å². The van der Waals surface area contributed by atoms with E-state index >= 15 is 0 Å². The Hall–Kier alpha value is -3.62. The molecule has 0 aliphatic rings. The number of likely N-dealkylation sites (N-methyl/N-ethyl adjacent to an activating group) is 2. The summed E-state index contributed by atoms with van der Waals surface area (Å²) in [7, 11) is 5.81. The van der Waals surface area contributed by atoms with Crippen molar-refractivity contribution in [3.8, 4) is 11.3 Å². The van der Waals surface area contributed by atoms with E-state index in [1.165, 1.54) is 17.7 Å². The average molecular weight is 503 g/mol. The SMILES string of the molecule is CNCCN(C)Cc1cccc(-c2cc(C(=O)N(C)Cc3ccc(F)cc3)c3cnn(C(C)C)c3n2)c1. The predicted molar refractivity (Wildman–Crippen MR) is 146 cm³/mol. The highest BCUT2D eigenvalue weighted by Gasteiger charge is 2.21. The van der Waals surface area contributed by atoms with Gasteiger partial charge in [0.15, 0.2) is 5.65 Å². The fraction of sp³-hybridized carbons (Fsp3) is 0.345. The van der Waals surface area contributed by atoms with Crippen molar-refractivity contribution in [1.29, 1.82) is 0 Å². The highest BCUT2D eigenvalue weighted by Crippen LogP contribution is 2.28. The number of nitrogens with zero attached hydrogens (tertiary/aromatic N) is 5. The summed E-state index contributed by atoms with van der Waals surface area (Å²) < 4.78 is 15.2. The second kappa shape index (κ2) is 11.6. The molecule has 0 aliphatic carbocycles. The molecular formula is C29H35FN6O. The van der Waals surface area contributed by atoms with Gasteiger partial charge in [-0.3, -0.25) is 4.79 Å². The molecule has 4 aromatic rings. The Morgan fingerprint density at radius 2 is 1.81 bits per heavy atom. The molecule has 0 spiro atoms. The molecular weight excluding hydrogens is 467 g/mol. The number of fused-ring (bicyclic) bond motifs is 1. The van der Waals surface area contributed by atoms with Crippen LogP contribution in [0.2, 0.25) is 0 Å². The van der Waals surface area contributed by atoms with E-state index in [0.29, 0.717) is 17.8 Å². The number of benzene rings is 2. The van der Waals surface area contributed by atoms with Gasteiger partial charge < -0.3 is 15.1 Å². The number of carbonyl (C=O) groups excluding carboxylic acids is 1. The number of rotatable bonds is 10. The van der Waals surface area contributed by atoms with Gasteiger partial charge >= 0.3 is 0 Å². The smallest absolute Gasteiger partial charge is 0.254 e. The molecule has 0 unspecified atom stereocenters. The predicted octanol–water partition coefficient (Wildman–Crippen LogP) is 4.74. The molecule has 7 nitrogen and oxygen atoms in total. The second-order valence-corrected chi connectivity index (χ2v) is 9.80. The molecule has 1 N–H and O–H groups in total. The van der Waals surface area contributed by atoms with Crippen molar-refractivity contribution in [3.63, 3.8) is 0 Å². The molecule has 37 heavy (non-hydrogen) atoms. The Labute approximate surface area is 217 Å². The molecule has 2 aromatic carbocycles. The maximum absolute atomic E-state index is 13.7. The van der Waals surface area contributed by atoms with Crippen molar-refractivity contribution in [2.45, 2.75) is 33.0 Å². The lowest BCUT2D eigenvalue weighted by Gasteiger charge is -2.19. The standard InChI is InChI=1S/C29H35FN6O/c1-20(2)36-28-26(17-32-36)25(29(37)35(5)19-21-9-11-24(30)12-10-21)16-27(33-28)23-8-6-7-22(15-23)18-34(4)14-13-31-3/h6-12,15-17,20,31H,13-14,18-19H2,1-5H3. The van der Waals surface area contributed by atoms with Crippen LogP contribution in [0.5, 0.6) is 0 Å². The van der Waals surface area contributed by atoms with Crippen LogP contribution in [0.15, 0.2) is 60.8 Å². The number of aromatic nitrogens is 3. The van der Waals surface area contributed by atoms with Crippen molar-refractivity contribution in [3.05, 3.63) is 83.3 Å². The summed E-state index contributed by atoms with van der Waals surface area (Å²) in [5, 5.41) is 8.44. The van der Waals surface area contributed by atoms with Crippen LogP contribution in [0.3, 0.4) is 0 Å². The Morgan fingerprint density at radius 1 is 1.05 bits per heavy atom. The van der Waals surface area contributed by atoms with E-state index in [2.05, 4.69) is 34.5 Å². The summed E-state index contributed by atoms with van der Waals surface area (Å²) >= 11 is 0. The molecule has 194 valence electrons. The zero-order valence-electron chi connectivity index (χ0n) is 22.2. The van der Waals surface area contributed by atoms with Gasteiger partial charge in [-0.25, -0.2) is 14.1 Å². The number of nitrogens with one attached hydrogen (secondary N) is 1. The minimum atomic E-state index is -0.297. The minimum absolute atomic E-state index is 0.0901. The molecule has 0 saturated heterocycles. The van der Waals surface area contributed by atoms with Gasteiger partial charge in [-0.1, -0.05) is 30.3 Å². The fourth-order valence-corrected chi connectivity index (χ4v) is 4.38. The van der Waals surface area contributed by atoms with Crippen LogP contribution in [0.4, 0.5) is 4.39 Å². The van der Waals surface area contributed by atoms with Crippen LogP contribution in [-0.4, -0.2) is 64.7 Å². The maximum atomic E-state index is 13.7. The molecule has 0 radical (unpaired) electrons. The number of amides is 1. The molecule has 0 fully saturated rings. The van der Waals surface area contributed by atoms with Gasteiger partial charge in [0, 0.05) is 44.8 Å². The summed E-state index contributed by atoms with van der Waals surface area (Å²) in [6.07, 6.45) is 1.72. The van der Waals surface area contributed by atoms with Gasteiger partial charge in [0.05, 0.1) is 22.8 Å². The number of hydrogen-bond acceptors (Lipinski definition) is 5.